The lowest BCUT2D eigenvalue weighted by molar-refractivity contribution is -0.150. The Morgan fingerprint density at radius 1 is 1.56 bits per heavy atom. The highest BCUT2D eigenvalue weighted by Gasteiger charge is 2.40. The molecule has 1 aliphatic heterocycles. The number of carbonyl (C=O) groups excluding carboxylic acids is 1. The zero-order chi connectivity index (χ0) is 18.8. The SMILES string of the molecule is COP(O)(=S)OC[C@H]1O[C@@H](n2cc(C)c(=O)[nH]c2=O)C[C@@H]1OC(C)=O. The maximum Gasteiger partial charge on any atom is 0.330 e. The van der Waals surface area contributed by atoms with Gasteiger partial charge >= 0.3 is 18.4 Å². The zero-order valence-electron chi connectivity index (χ0n) is 13.8. The minimum Gasteiger partial charge on any atom is -0.460 e. The number of nitrogens with zero attached hydrogens (tertiary/aromatic N) is 1. The maximum absolute atomic E-state index is 12.0. The van der Waals surface area contributed by atoms with Gasteiger partial charge in [-0.3, -0.25) is 19.1 Å². The van der Waals surface area contributed by atoms with Crippen molar-refractivity contribution in [3.8, 4) is 0 Å². The Morgan fingerprint density at radius 3 is 2.84 bits per heavy atom. The van der Waals surface area contributed by atoms with E-state index in [1.165, 1.54) is 24.8 Å². The van der Waals surface area contributed by atoms with Gasteiger partial charge in [0.1, 0.15) is 18.4 Å². The number of nitrogens with one attached hydrogen (secondary N) is 1. The van der Waals surface area contributed by atoms with Gasteiger partial charge in [0.25, 0.3) is 5.56 Å². The van der Waals surface area contributed by atoms with E-state index in [1.807, 2.05) is 0 Å². The first-order chi connectivity index (χ1) is 11.6. The van der Waals surface area contributed by atoms with Crippen LogP contribution in [0.15, 0.2) is 15.8 Å². The summed E-state index contributed by atoms with van der Waals surface area (Å²) in [6.07, 6.45) is -0.725. The summed E-state index contributed by atoms with van der Waals surface area (Å²) >= 11 is 4.74. The van der Waals surface area contributed by atoms with Gasteiger partial charge in [-0.2, -0.15) is 0 Å². The highest BCUT2D eigenvalue weighted by molar-refractivity contribution is 8.07. The van der Waals surface area contributed by atoms with Crippen LogP contribution in [0, 0.1) is 6.92 Å². The third kappa shape index (κ3) is 5.06. The Hall–Kier alpha value is -1.36. The Kier molecular flexibility index (Phi) is 6.30. The number of aryl methyl sites for hydroxylation is 1. The average molecular weight is 394 g/mol. The molecule has 0 radical (unpaired) electrons. The van der Waals surface area contributed by atoms with Crippen LogP contribution in [0.1, 0.15) is 25.1 Å². The predicted octanol–water partition coefficient (Wildman–Crippen LogP) is -0.0560. The third-order valence-electron chi connectivity index (χ3n) is 3.59. The Labute approximate surface area is 147 Å². The summed E-state index contributed by atoms with van der Waals surface area (Å²) in [5.41, 5.74) is -0.804. The first-order valence-electron chi connectivity index (χ1n) is 7.31. The van der Waals surface area contributed by atoms with Gasteiger partial charge in [-0.1, -0.05) is 0 Å². The number of aromatic nitrogens is 2. The fourth-order valence-electron chi connectivity index (χ4n) is 2.38. The van der Waals surface area contributed by atoms with Gasteiger partial charge < -0.3 is 23.4 Å². The van der Waals surface area contributed by atoms with E-state index in [-0.39, 0.29) is 13.0 Å². The van der Waals surface area contributed by atoms with Crippen LogP contribution in [0.25, 0.3) is 0 Å². The molecule has 0 bridgehead atoms. The molecule has 0 aliphatic carbocycles. The molecule has 25 heavy (non-hydrogen) atoms. The minimum absolute atomic E-state index is 0.167. The van der Waals surface area contributed by atoms with Crippen LogP contribution in [0.2, 0.25) is 0 Å². The fraction of sp³-hybridized carbons (Fsp3) is 0.615. The van der Waals surface area contributed by atoms with E-state index in [9.17, 15) is 19.3 Å². The van der Waals surface area contributed by atoms with Crippen LogP contribution in [-0.2, 0) is 35.1 Å². The van der Waals surface area contributed by atoms with E-state index in [1.54, 1.807) is 6.92 Å². The van der Waals surface area contributed by atoms with Gasteiger partial charge in [-0.15, -0.1) is 0 Å². The lowest BCUT2D eigenvalue weighted by Gasteiger charge is -2.20. The zero-order valence-corrected chi connectivity index (χ0v) is 15.5. The molecule has 2 heterocycles. The number of carbonyl (C=O) groups is 1. The van der Waals surface area contributed by atoms with Crippen LogP contribution < -0.4 is 11.2 Å². The van der Waals surface area contributed by atoms with Crippen LogP contribution in [0.3, 0.4) is 0 Å². The summed E-state index contributed by atoms with van der Waals surface area (Å²) in [7, 11) is 1.21. The normalized spacial score (nSPS) is 25.5. The molecule has 12 heteroatoms. The molecule has 0 amide bonds. The standard InChI is InChI=1S/C13H19N2O8PS/c1-7-5-15(13(18)14-12(7)17)11-4-9(22-8(2)16)10(23-11)6-21-24(19,25)20-3/h5,9-11H,4,6H2,1-3H3,(H,19,25)(H,14,17,18)/t9-,10+,11+,24?/m0/s1. The summed E-state index contributed by atoms with van der Waals surface area (Å²) in [5.74, 6) is -0.528. The highest BCUT2D eigenvalue weighted by Crippen LogP contribution is 2.43. The molecule has 1 aromatic rings. The number of rotatable bonds is 6. The molecule has 2 rings (SSSR count). The van der Waals surface area contributed by atoms with E-state index in [0.717, 1.165) is 0 Å². The van der Waals surface area contributed by atoms with Crippen molar-refractivity contribution < 1.29 is 28.2 Å². The summed E-state index contributed by atoms with van der Waals surface area (Å²) in [6.45, 7) is -0.800. The summed E-state index contributed by atoms with van der Waals surface area (Å²) in [6, 6.07) is 0. The number of hydrogen-bond acceptors (Lipinski definition) is 8. The number of hydrogen-bond donors (Lipinski definition) is 2. The largest absolute Gasteiger partial charge is 0.460 e. The topological polar surface area (TPSA) is 129 Å². The second kappa shape index (κ2) is 7.90. The van der Waals surface area contributed by atoms with Gasteiger partial charge in [0, 0.05) is 32.2 Å². The molecule has 0 spiro atoms. The second-order valence-electron chi connectivity index (χ2n) is 5.44. The minimum atomic E-state index is -3.41. The molecule has 1 aromatic heterocycles. The van der Waals surface area contributed by atoms with E-state index in [2.05, 4.69) is 9.51 Å². The van der Waals surface area contributed by atoms with Crippen molar-refractivity contribution in [2.75, 3.05) is 13.7 Å². The molecule has 1 fully saturated rings. The molecular formula is C13H19N2O8PS. The number of esters is 1. The van der Waals surface area contributed by atoms with Crippen LogP contribution in [-0.4, -0.2) is 46.3 Å². The number of ether oxygens (including phenoxy) is 2. The number of H-pyrrole nitrogens is 1. The smallest absolute Gasteiger partial charge is 0.330 e. The van der Waals surface area contributed by atoms with Crippen molar-refractivity contribution in [2.45, 2.75) is 38.7 Å². The van der Waals surface area contributed by atoms with E-state index < -0.39 is 42.4 Å². The Bertz CT molecular complexity index is 806. The fourth-order valence-corrected chi connectivity index (χ4v) is 3.00. The molecule has 2 N–H and O–H groups in total. The molecule has 1 unspecified atom stereocenters. The molecule has 140 valence electrons. The average Bonchev–Trinajstić information content (AvgIpc) is 2.91. The van der Waals surface area contributed by atoms with E-state index in [4.69, 9.17) is 25.8 Å². The summed E-state index contributed by atoms with van der Waals surface area (Å²) in [5, 5.41) is 0. The molecular weight excluding hydrogens is 375 g/mol. The highest BCUT2D eigenvalue weighted by atomic mass is 32.5. The quantitative estimate of drug-likeness (QED) is 0.504. The van der Waals surface area contributed by atoms with Crippen LogP contribution >= 0.6 is 6.72 Å². The lowest BCUT2D eigenvalue weighted by Crippen LogP contribution is -2.33. The molecule has 1 aliphatic rings. The Balaban J connectivity index is 2.22. The molecule has 1 saturated heterocycles. The van der Waals surface area contributed by atoms with Gasteiger partial charge in [0.2, 0.25) is 0 Å². The van der Waals surface area contributed by atoms with Crippen LogP contribution in [0.5, 0.6) is 0 Å². The van der Waals surface area contributed by atoms with E-state index >= 15 is 0 Å². The van der Waals surface area contributed by atoms with Gasteiger partial charge in [0.05, 0.1) is 6.61 Å². The van der Waals surface area contributed by atoms with Gasteiger partial charge in [0.15, 0.2) is 0 Å². The second-order valence-corrected chi connectivity index (χ2v) is 8.38. The summed E-state index contributed by atoms with van der Waals surface area (Å²) < 4.78 is 21.9. The monoisotopic (exact) mass is 394 g/mol. The first-order valence-corrected chi connectivity index (χ1v) is 9.90. The molecule has 0 aromatic carbocycles. The van der Waals surface area contributed by atoms with Gasteiger partial charge in [-0.05, 0) is 18.7 Å². The predicted molar refractivity (Wildman–Crippen MR) is 89.6 cm³/mol. The molecule has 4 atom stereocenters. The lowest BCUT2D eigenvalue weighted by atomic mass is 10.2. The van der Waals surface area contributed by atoms with Crippen molar-refractivity contribution in [3.05, 3.63) is 32.6 Å². The maximum atomic E-state index is 12.0. The van der Waals surface area contributed by atoms with Crippen LogP contribution in [0.4, 0.5) is 0 Å². The Morgan fingerprint density at radius 2 is 2.24 bits per heavy atom. The number of aromatic amines is 1. The van der Waals surface area contributed by atoms with Gasteiger partial charge in [-0.25, -0.2) is 4.79 Å². The van der Waals surface area contributed by atoms with Crippen molar-refractivity contribution in [2.24, 2.45) is 0 Å². The first kappa shape index (κ1) is 20.0. The molecule has 10 nitrogen and oxygen atoms in total. The van der Waals surface area contributed by atoms with E-state index in [0.29, 0.717) is 5.56 Å². The molecule has 0 saturated carbocycles. The van der Waals surface area contributed by atoms with Crippen molar-refractivity contribution >= 4 is 24.5 Å². The summed E-state index contributed by atoms with van der Waals surface area (Å²) in [4.78, 5) is 46.6. The van der Waals surface area contributed by atoms with Crippen molar-refractivity contribution in [1.29, 1.82) is 0 Å². The van der Waals surface area contributed by atoms with Crippen molar-refractivity contribution in [3.63, 3.8) is 0 Å². The van der Waals surface area contributed by atoms with Crippen molar-refractivity contribution in [1.82, 2.24) is 9.55 Å². The third-order valence-corrected chi connectivity index (χ3v) is 5.29.